The fourth-order valence-corrected chi connectivity index (χ4v) is 4.34. The van der Waals surface area contributed by atoms with E-state index in [1.807, 2.05) is 4.90 Å². The molecule has 3 nitrogen and oxygen atoms in total. The predicted molar refractivity (Wildman–Crippen MR) is 98.6 cm³/mol. The Morgan fingerprint density at radius 1 is 1.16 bits per heavy atom. The first-order chi connectivity index (χ1) is 11.8. The third-order valence-electron chi connectivity index (χ3n) is 5.86. The van der Waals surface area contributed by atoms with Gasteiger partial charge in [0.05, 0.1) is 6.04 Å². The first-order valence-electron chi connectivity index (χ1n) is 9.64. The van der Waals surface area contributed by atoms with Gasteiger partial charge < -0.3 is 10.2 Å². The quantitative estimate of drug-likeness (QED) is 0.893. The van der Waals surface area contributed by atoms with Crippen LogP contribution in [0.15, 0.2) is 24.3 Å². The Morgan fingerprint density at radius 2 is 1.80 bits per heavy atom. The van der Waals surface area contributed by atoms with Crippen molar-refractivity contribution in [3.05, 3.63) is 35.6 Å². The van der Waals surface area contributed by atoms with Crippen molar-refractivity contribution in [1.82, 2.24) is 10.2 Å². The van der Waals surface area contributed by atoms with Crippen LogP contribution in [0.2, 0.25) is 0 Å². The van der Waals surface area contributed by atoms with Crippen LogP contribution in [-0.2, 0) is 11.3 Å². The molecule has 1 aromatic rings. The SMILES string of the molecule is CC(C)(C)N(Cc1ccc(F)cc1)C(=O)C1CC2CCCCC2CN1. The summed E-state index contributed by atoms with van der Waals surface area (Å²) in [6, 6.07) is 6.39. The van der Waals surface area contributed by atoms with Gasteiger partial charge in [-0.15, -0.1) is 0 Å². The zero-order chi connectivity index (χ0) is 18.0. The molecule has 1 amide bonds. The molecule has 138 valence electrons. The van der Waals surface area contributed by atoms with Crippen LogP contribution in [0.4, 0.5) is 4.39 Å². The number of hydrogen-bond donors (Lipinski definition) is 1. The highest BCUT2D eigenvalue weighted by Gasteiger charge is 2.38. The number of amides is 1. The van der Waals surface area contributed by atoms with Crippen molar-refractivity contribution >= 4 is 5.91 Å². The standard InChI is InChI=1S/C21H31FN2O/c1-21(2,3)24(14-15-8-10-18(22)11-9-15)20(25)19-12-16-6-4-5-7-17(16)13-23-19/h8-11,16-17,19,23H,4-7,12-14H2,1-3H3. The summed E-state index contributed by atoms with van der Waals surface area (Å²) in [4.78, 5) is 15.2. The summed E-state index contributed by atoms with van der Waals surface area (Å²) >= 11 is 0. The molecule has 1 aliphatic carbocycles. The average Bonchev–Trinajstić information content (AvgIpc) is 2.59. The number of rotatable bonds is 3. The third-order valence-corrected chi connectivity index (χ3v) is 5.86. The predicted octanol–water partition coefficient (Wildman–Crippen LogP) is 4.12. The Kier molecular flexibility index (Phi) is 5.47. The van der Waals surface area contributed by atoms with Crippen LogP contribution in [-0.4, -0.2) is 28.9 Å². The summed E-state index contributed by atoms with van der Waals surface area (Å²) < 4.78 is 13.2. The second kappa shape index (κ2) is 7.45. The lowest BCUT2D eigenvalue weighted by molar-refractivity contribution is -0.140. The molecular formula is C21H31FN2O. The van der Waals surface area contributed by atoms with E-state index >= 15 is 0 Å². The van der Waals surface area contributed by atoms with Crippen LogP contribution in [0.1, 0.15) is 58.4 Å². The molecule has 1 aromatic carbocycles. The Bertz CT molecular complexity index is 593. The van der Waals surface area contributed by atoms with E-state index in [0.717, 1.165) is 24.4 Å². The van der Waals surface area contributed by atoms with E-state index in [4.69, 9.17) is 0 Å². The molecule has 0 radical (unpaired) electrons. The van der Waals surface area contributed by atoms with Crippen molar-refractivity contribution in [2.75, 3.05) is 6.54 Å². The van der Waals surface area contributed by atoms with Gasteiger partial charge in [-0.3, -0.25) is 4.79 Å². The smallest absolute Gasteiger partial charge is 0.240 e. The van der Waals surface area contributed by atoms with Gasteiger partial charge in [-0.2, -0.15) is 0 Å². The lowest BCUT2D eigenvalue weighted by atomic mass is 9.73. The molecular weight excluding hydrogens is 315 g/mol. The maximum atomic E-state index is 13.3. The minimum atomic E-state index is -0.267. The second-order valence-corrected chi connectivity index (χ2v) is 8.72. The normalized spacial score (nSPS) is 26.8. The minimum absolute atomic E-state index is 0.0842. The van der Waals surface area contributed by atoms with E-state index in [1.165, 1.54) is 37.8 Å². The number of piperidine rings is 1. The van der Waals surface area contributed by atoms with Gasteiger partial charge >= 0.3 is 0 Å². The summed E-state index contributed by atoms with van der Waals surface area (Å²) in [6.45, 7) is 7.70. The van der Waals surface area contributed by atoms with Crippen LogP contribution < -0.4 is 5.32 Å². The molecule has 4 heteroatoms. The maximum absolute atomic E-state index is 13.3. The van der Waals surface area contributed by atoms with Crippen LogP contribution in [0.5, 0.6) is 0 Å². The molecule has 1 saturated heterocycles. The second-order valence-electron chi connectivity index (χ2n) is 8.72. The van der Waals surface area contributed by atoms with E-state index in [9.17, 15) is 9.18 Å². The number of carbonyl (C=O) groups is 1. The van der Waals surface area contributed by atoms with Crippen molar-refractivity contribution in [2.24, 2.45) is 11.8 Å². The highest BCUT2D eigenvalue weighted by Crippen LogP contribution is 2.36. The fourth-order valence-electron chi connectivity index (χ4n) is 4.34. The minimum Gasteiger partial charge on any atom is -0.332 e. The molecule has 25 heavy (non-hydrogen) atoms. The third kappa shape index (κ3) is 4.41. The van der Waals surface area contributed by atoms with Gasteiger partial charge in [0, 0.05) is 12.1 Å². The molecule has 1 N–H and O–H groups in total. The molecule has 2 aliphatic rings. The number of nitrogens with one attached hydrogen (secondary N) is 1. The first kappa shape index (κ1) is 18.4. The zero-order valence-electron chi connectivity index (χ0n) is 15.7. The van der Waals surface area contributed by atoms with Gasteiger partial charge in [0.1, 0.15) is 5.82 Å². The maximum Gasteiger partial charge on any atom is 0.240 e. The highest BCUT2D eigenvalue weighted by molar-refractivity contribution is 5.82. The molecule has 3 unspecified atom stereocenters. The van der Waals surface area contributed by atoms with E-state index < -0.39 is 0 Å². The molecule has 1 saturated carbocycles. The Labute approximate surface area is 151 Å². The molecule has 0 aromatic heterocycles. The topological polar surface area (TPSA) is 32.3 Å². The van der Waals surface area contributed by atoms with Crippen LogP contribution >= 0.6 is 0 Å². The summed E-state index contributed by atoms with van der Waals surface area (Å²) in [7, 11) is 0. The van der Waals surface area contributed by atoms with E-state index in [-0.39, 0.29) is 23.3 Å². The van der Waals surface area contributed by atoms with Crippen molar-refractivity contribution < 1.29 is 9.18 Å². The molecule has 2 fully saturated rings. The molecule has 3 atom stereocenters. The zero-order valence-corrected chi connectivity index (χ0v) is 15.7. The largest absolute Gasteiger partial charge is 0.332 e. The van der Waals surface area contributed by atoms with Crippen LogP contribution in [0.25, 0.3) is 0 Å². The monoisotopic (exact) mass is 346 g/mol. The number of nitrogens with zero attached hydrogens (tertiary/aromatic N) is 1. The number of halogens is 1. The van der Waals surface area contributed by atoms with E-state index in [0.29, 0.717) is 12.5 Å². The van der Waals surface area contributed by atoms with Crippen molar-refractivity contribution in [3.8, 4) is 0 Å². The fraction of sp³-hybridized carbons (Fsp3) is 0.667. The van der Waals surface area contributed by atoms with Gasteiger partial charge in [-0.25, -0.2) is 4.39 Å². The van der Waals surface area contributed by atoms with Gasteiger partial charge in [0.15, 0.2) is 0 Å². The summed E-state index contributed by atoms with van der Waals surface area (Å²) in [5, 5.41) is 3.51. The van der Waals surface area contributed by atoms with Gasteiger partial charge in [-0.05, 0) is 69.7 Å². The number of benzene rings is 1. The molecule has 1 aliphatic heterocycles. The Balaban J connectivity index is 1.72. The first-order valence-corrected chi connectivity index (χ1v) is 9.64. The van der Waals surface area contributed by atoms with Crippen LogP contribution in [0, 0.1) is 17.7 Å². The summed E-state index contributed by atoms with van der Waals surface area (Å²) in [5.74, 6) is 1.38. The Hall–Kier alpha value is -1.42. The lowest BCUT2D eigenvalue weighted by Gasteiger charge is -2.43. The van der Waals surface area contributed by atoms with E-state index in [1.54, 1.807) is 12.1 Å². The summed E-state index contributed by atoms with van der Waals surface area (Å²) in [6.07, 6.45) is 6.17. The average molecular weight is 346 g/mol. The lowest BCUT2D eigenvalue weighted by Crippen LogP contribution is -2.57. The molecule has 0 bridgehead atoms. The molecule has 0 spiro atoms. The van der Waals surface area contributed by atoms with Gasteiger partial charge in [-0.1, -0.05) is 31.4 Å². The van der Waals surface area contributed by atoms with E-state index in [2.05, 4.69) is 26.1 Å². The molecule has 3 rings (SSSR count). The van der Waals surface area contributed by atoms with Crippen molar-refractivity contribution in [3.63, 3.8) is 0 Å². The Morgan fingerprint density at radius 3 is 2.44 bits per heavy atom. The number of fused-ring (bicyclic) bond motifs is 1. The van der Waals surface area contributed by atoms with Crippen molar-refractivity contribution in [1.29, 1.82) is 0 Å². The van der Waals surface area contributed by atoms with Gasteiger partial charge in [0.25, 0.3) is 0 Å². The number of hydrogen-bond acceptors (Lipinski definition) is 2. The van der Waals surface area contributed by atoms with Crippen molar-refractivity contribution in [2.45, 2.75) is 71.0 Å². The highest BCUT2D eigenvalue weighted by atomic mass is 19.1. The molecule has 1 heterocycles. The van der Waals surface area contributed by atoms with Crippen LogP contribution in [0.3, 0.4) is 0 Å². The van der Waals surface area contributed by atoms with Gasteiger partial charge in [0.2, 0.25) is 5.91 Å². The summed E-state index contributed by atoms with van der Waals surface area (Å²) in [5.41, 5.74) is 0.701. The number of carbonyl (C=O) groups excluding carboxylic acids is 1.